The molecule has 12 heteroatoms. The normalized spacial score (nSPS) is 19.6. The average Bonchev–Trinajstić information content (AvgIpc) is 3.38. The number of anilines is 2. The number of carbonyl (C=O) groups is 1. The van der Waals surface area contributed by atoms with Crippen LogP contribution in [0.1, 0.15) is 35.2 Å². The minimum atomic E-state index is -4.51. The number of benzene rings is 1. The molecule has 0 N–H and O–H groups in total. The van der Waals surface area contributed by atoms with E-state index in [4.69, 9.17) is 9.72 Å². The fourth-order valence-electron chi connectivity index (χ4n) is 5.95. The smallest absolute Gasteiger partial charge is 0.418 e. The van der Waals surface area contributed by atoms with Crippen LogP contribution in [0.2, 0.25) is 0 Å². The number of carbonyl (C=O) groups excluding carboxylic acids is 1. The summed E-state index contributed by atoms with van der Waals surface area (Å²) in [5.41, 5.74) is 1.58. The van der Waals surface area contributed by atoms with Crippen LogP contribution in [0.5, 0.6) is 5.88 Å². The first-order valence-electron chi connectivity index (χ1n) is 13.7. The van der Waals surface area contributed by atoms with E-state index in [1.165, 1.54) is 17.0 Å². The van der Waals surface area contributed by atoms with Gasteiger partial charge in [-0.05, 0) is 45.0 Å². The summed E-state index contributed by atoms with van der Waals surface area (Å²) in [6.45, 7) is 5.94. The molecule has 2 aromatic rings. The van der Waals surface area contributed by atoms with Crippen molar-refractivity contribution in [1.82, 2.24) is 14.8 Å². The molecule has 3 aliphatic heterocycles. The fourth-order valence-corrected chi connectivity index (χ4v) is 5.95. The van der Waals surface area contributed by atoms with Gasteiger partial charge < -0.3 is 24.3 Å². The molecular formula is C29H32F4N6O2. The van der Waals surface area contributed by atoms with Crippen LogP contribution in [0.15, 0.2) is 36.7 Å². The van der Waals surface area contributed by atoms with Crippen LogP contribution in [-0.2, 0) is 23.9 Å². The van der Waals surface area contributed by atoms with E-state index in [1.807, 2.05) is 11.9 Å². The Morgan fingerprint density at radius 2 is 1.88 bits per heavy atom. The predicted molar refractivity (Wildman–Crippen MR) is 145 cm³/mol. The highest BCUT2D eigenvalue weighted by Gasteiger charge is 2.37. The summed E-state index contributed by atoms with van der Waals surface area (Å²) >= 11 is 0. The third-order valence-electron chi connectivity index (χ3n) is 8.15. The van der Waals surface area contributed by atoms with Gasteiger partial charge in [0.15, 0.2) is 5.83 Å². The summed E-state index contributed by atoms with van der Waals surface area (Å²) in [6.07, 6.45) is -2.15. The van der Waals surface area contributed by atoms with E-state index in [1.54, 1.807) is 11.0 Å². The van der Waals surface area contributed by atoms with Crippen LogP contribution in [0.4, 0.5) is 28.9 Å². The van der Waals surface area contributed by atoms with Crippen molar-refractivity contribution in [2.45, 2.75) is 38.0 Å². The van der Waals surface area contributed by atoms with Gasteiger partial charge in [0.25, 0.3) is 5.91 Å². The fraction of sp³-hybridized carbons (Fsp3) is 0.483. The highest BCUT2D eigenvalue weighted by atomic mass is 19.4. The number of para-hydroxylation sites is 1. The van der Waals surface area contributed by atoms with Crippen LogP contribution >= 0.6 is 0 Å². The first kappa shape index (κ1) is 28.7. The van der Waals surface area contributed by atoms with Crippen LogP contribution in [0.25, 0.3) is 0 Å². The number of pyridine rings is 1. The van der Waals surface area contributed by atoms with Gasteiger partial charge in [-0.1, -0.05) is 18.7 Å². The Morgan fingerprint density at radius 3 is 2.51 bits per heavy atom. The predicted octanol–water partition coefficient (Wildman–Crippen LogP) is 4.14. The van der Waals surface area contributed by atoms with Crippen molar-refractivity contribution >= 4 is 17.3 Å². The number of likely N-dealkylation sites (N-methyl/N-ethyl adjacent to an activating group) is 1. The van der Waals surface area contributed by atoms with Gasteiger partial charge in [0.05, 0.1) is 23.5 Å². The van der Waals surface area contributed by atoms with Gasteiger partial charge in [-0.25, -0.2) is 9.37 Å². The molecule has 218 valence electrons. The molecule has 3 aliphatic rings. The molecule has 0 bridgehead atoms. The lowest BCUT2D eigenvalue weighted by Gasteiger charge is -2.39. The lowest BCUT2D eigenvalue weighted by Crippen LogP contribution is -2.49. The number of nitriles is 1. The van der Waals surface area contributed by atoms with E-state index in [-0.39, 0.29) is 42.8 Å². The van der Waals surface area contributed by atoms with E-state index < -0.39 is 23.5 Å². The largest absolute Gasteiger partial charge is 0.475 e. The quantitative estimate of drug-likeness (QED) is 0.381. The lowest BCUT2D eigenvalue weighted by molar-refractivity contribution is -0.137. The number of piperazine rings is 1. The maximum absolute atomic E-state index is 13.8. The van der Waals surface area contributed by atoms with Crippen molar-refractivity contribution in [3.8, 4) is 11.9 Å². The molecule has 0 radical (unpaired) electrons. The number of halogens is 4. The Bertz CT molecular complexity index is 1370. The van der Waals surface area contributed by atoms with Gasteiger partial charge in [-0.3, -0.25) is 4.79 Å². The van der Waals surface area contributed by atoms with Crippen LogP contribution in [0.3, 0.4) is 0 Å². The highest BCUT2D eigenvalue weighted by molar-refractivity contribution is 5.90. The van der Waals surface area contributed by atoms with E-state index >= 15 is 0 Å². The zero-order valence-electron chi connectivity index (χ0n) is 22.9. The maximum Gasteiger partial charge on any atom is 0.418 e. The summed E-state index contributed by atoms with van der Waals surface area (Å²) in [5, 5.41) is 10.3. The summed E-state index contributed by atoms with van der Waals surface area (Å²) in [6, 6.07) is 7.91. The van der Waals surface area contributed by atoms with Gasteiger partial charge in [-0.2, -0.15) is 18.4 Å². The average molecular weight is 573 g/mol. The second kappa shape index (κ2) is 11.6. The van der Waals surface area contributed by atoms with E-state index in [0.29, 0.717) is 44.0 Å². The van der Waals surface area contributed by atoms with E-state index in [0.717, 1.165) is 31.0 Å². The Labute approximate surface area is 236 Å². The molecule has 0 spiro atoms. The summed E-state index contributed by atoms with van der Waals surface area (Å²) in [7, 11) is 2.01. The molecule has 1 atom stereocenters. The Morgan fingerprint density at radius 1 is 1.15 bits per heavy atom. The summed E-state index contributed by atoms with van der Waals surface area (Å²) < 4.78 is 61.1. The van der Waals surface area contributed by atoms with Gasteiger partial charge in [-0.15, -0.1) is 0 Å². The van der Waals surface area contributed by atoms with Gasteiger partial charge >= 0.3 is 6.18 Å². The number of likely N-dealkylation sites (tertiary alicyclic amines) is 1. The lowest BCUT2D eigenvalue weighted by atomic mass is 9.97. The van der Waals surface area contributed by atoms with Crippen molar-refractivity contribution in [2.75, 3.05) is 62.7 Å². The van der Waals surface area contributed by atoms with Gasteiger partial charge in [0.2, 0.25) is 5.88 Å². The first-order chi connectivity index (χ1) is 19.6. The Hall–Kier alpha value is -3.85. The molecule has 1 unspecified atom stereocenters. The number of hydrogen-bond acceptors (Lipinski definition) is 7. The standard InChI is InChI=1S/C29H32F4N6O2/c1-19(30)28(40)38-14-12-37(13-15-38)26-21-9-11-39(25-8-4-3-7-23(25)29(31,32)33)17-24(21)35-27(22(26)16-34)41-18-20-6-5-10-36(20)2/h3-4,7-8,20H,1,5-6,9-15,17-18H2,2H3. The third kappa shape index (κ3) is 5.81. The molecule has 1 aromatic carbocycles. The molecular weight excluding hydrogens is 540 g/mol. The molecule has 1 amide bonds. The molecule has 0 aliphatic carbocycles. The van der Waals surface area contributed by atoms with Crippen molar-refractivity contribution in [2.24, 2.45) is 0 Å². The number of ether oxygens (including phenoxy) is 1. The number of fused-ring (bicyclic) bond motifs is 1. The van der Waals surface area contributed by atoms with E-state index in [2.05, 4.69) is 17.5 Å². The molecule has 2 fully saturated rings. The van der Waals surface area contributed by atoms with Crippen molar-refractivity contribution in [1.29, 1.82) is 5.26 Å². The highest BCUT2D eigenvalue weighted by Crippen LogP contribution is 2.41. The topological polar surface area (TPSA) is 75.9 Å². The maximum atomic E-state index is 13.8. The minimum Gasteiger partial charge on any atom is -0.475 e. The zero-order chi connectivity index (χ0) is 29.3. The van der Waals surface area contributed by atoms with Crippen molar-refractivity contribution in [3.63, 3.8) is 0 Å². The monoisotopic (exact) mass is 572 g/mol. The van der Waals surface area contributed by atoms with Crippen LogP contribution in [-0.4, -0.2) is 79.7 Å². The second-order valence-corrected chi connectivity index (χ2v) is 10.6. The van der Waals surface area contributed by atoms with Gasteiger partial charge in [0.1, 0.15) is 18.2 Å². The summed E-state index contributed by atoms with van der Waals surface area (Å²) in [5.74, 6) is -1.63. The molecule has 5 rings (SSSR count). The second-order valence-electron chi connectivity index (χ2n) is 10.6. The molecule has 41 heavy (non-hydrogen) atoms. The van der Waals surface area contributed by atoms with E-state index in [9.17, 15) is 27.6 Å². The molecule has 8 nitrogen and oxygen atoms in total. The number of alkyl halides is 3. The minimum absolute atomic E-state index is 0.0759. The van der Waals surface area contributed by atoms with Gasteiger partial charge in [0, 0.05) is 50.0 Å². The Balaban J connectivity index is 1.50. The number of rotatable bonds is 6. The Kier molecular flexibility index (Phi) is 8.09. The summed E-state index contributed by atoms with van der Waals surface area (Å²) in [4.78, 5) is 24.0. The zero-order valence-corrected chi connectivity index (χ0v) is 22.9. The third-order valence-corrected chi connectivity index (χ3v) is 8.15. The van der Waals surface area contributed by atoms with Crippen LogP contribution < -0.4 is 14.5 Å². The number of hydrogen-bond donors (Lipinski definition) is 0. The molecule has 4 heterocycles. The number of nitrogens with zero attached hydrogens (tertiary/aromatic N) is 6. The SMILES string of the molecule is C=C(F)C(=O)N1CCN(c2c(C#N)c(OCC3CCCN3C)nc3c2CCN(c2ccccc2C(F)(F)F)C3)CC1. The molecule has 1 aromatic heterocycles. The molecule has 0 saturated carbocycles. The number of amides is 1. The van der Waals surface area contributed by atoms with Crippen LogP contribution in [0, 0.1) is 11.3 Å². The van der Waals surface area contributed by atoms with Crippen molar-refractivity contribution in [3.05, 3.63) is 59.1 Å². The first-order valence-corrected chi connectivity index (χ1v) is 13.7. The van der Waals surface area contributed by atoms with Crippen molar-refractivity contribution < 1.29 is 27.1 Å². The number of aromatic nitrogens is 1. The molecule has 2 saturated heterocycles.